The van der Waals surface area contributed by atoms with E-state index in [4.69, 9.17) is 5.73 Å². The average Bonchev–Trinajstić information content (AvgIpc) is 2.81. The molecule has 0 saturated heterocycles. The van der Waals surface area contributed by atoms with Gasteiger partial charge in [-0.15, -0.1) is 0 Å². The Morgan fingerprint density at radius 3 is 2.24 bits per heavy atom. The lowest BCUT2D eigenvalue weighted by molar-refractivity contribution is 0.585. The molecule has 106 valence electrons. The summed E-state index contributed by atoms with van der Waals surface area (Å²) in [6.07, 6.45) is 1.49. The number of halogens is 3. The van der Waals surface area contributed by atoms with Crippen molar-refractivity contribution >= 4 is 5.69 Å². The number of nitrogen functional groups attached to an aromatic ring is 1. The van der Waals surface area contributed by atoms with Crippen LogP contribution < -0.4 is 5.73 Å². The molecule has 3 rings (SSSR count). The van der Waals surface area contributed by atoms with Crippen LogP contribution in [0.5, 0.6) is 0 Å². The van der Waals surface area contributed by atoms with Crippen LogP contribution in [0, 0.1) is 17.5 Å². The molecule has 0 amide bonds. The largest absolute Gasteiger partial charge is 0.396 e. The van der Waals surface area contributed by atoms with Crippen molar-refractivity contribution in [3.8, 4) is 16.9 Å². The van der Waals surface area contributed by atoms with Gasteiger partial charge in [0, 0.05) is 11.6 Å². The Hall–Kier alpha value is -2.76. The molecule has 3 nitrogen and oxygen atoms in total. The van der Waals surface area contributed by atoms with Gasteiger partial charge in [0.1, 0.15) is 23.1 Å². The van der Waals surface area contributed by atoms with E-state index in [0.29, 0.717) is 5.69 Å². The van der Waals surface area contributed by atoms with E-state index in [2.05, 4.69) is 5.10 Å². The van der Waals surface area contributed by atoms with Gasteiger partial charge in [-0.2, -0.15) is 5.10 Å². The molecule has 6 heteroatoms. The molecule has 0 aliphatic carbocycles. The van der Waals surface area contributed by atoms with Gasteiger partial charge >= 0.3 is 0 Å². The van der Waals surface area contributed by atoms with E-state index in [1.54, 1.807) is 0 Å². The first kappa shape index (κ1) is 13.2. The minimum Gasteiger partial charge on any atom is -0.396 e. The van der Waals surface area contributed by atoms with E-state index in [1.807, 2.05) is 0 Å². The Bertz CT molecular complexity index is 794. The quantitative estimate of drug-likeness (QED) is 0.784. The standard InChI is InChI=1S/C15H10F3N3/c16-9-1-4-11(5-2-9)21-8-14(19)15(20-21)12-6-3-10(17)7-13(12)18/h1-8H,19H2. The van der Waals surface area contributed by atoms with Crippen LogP contribution in [0.3, 0.4) is 0 Å². The van der Waals surface area contributed by atoms with Crippen LogP contribution in [0.15, 0.2) is 48.7 Å². The van der Waals surface area contributed by atoms with Crippen molar-refractivity contribution in [1.82, 2.24) is 9.78 Å². The number of hydrogen-bond acceptors (Lipinski definition) is 2. The predicted octanol–water partition coefficient (Wildman–Crippen LogP) is 3.54. The molecular weight excluding hydrogens is 279 g/mol. The van der Waals surface area contributed by atoms with Crippen LogP contribution in [-0.2, 0) is 0 Å². The molecule has 0 radical (unpaired) electrons. The van der Waals surface area contributed by atoms with Crippen LogP contribution in [0.1, 0.15) is 0 Å². The van der Waals surface area contributed by atoms with E-state index in [-0.39, 0.29) is 22.8 Å². The summed E-state index contributed by atoms with van der Waals surface area (Å²) in [5.74, 6) is -1.79. The Labute approximate surface area is 118 Å². The number of anilines is 1. The van der Waals surface area contributed by atoms with Gasteiger partial charge in [0.15, 0.2) is 0 Å². The maximum Gasteiger partial charge on any atom is 0.135 e. The van der Waals surface area contributed by atoms with Crippen molar-refractivity contribution in [2.75, 3.05) is 5.73 Å². The number of rotatable bonds is 2. The first-order valence-corrected chi connectivity index (χ1v) is 6.11. The second kappa shape index (κ2) is 4.97. The van der Waals surface area contributed by atoms with Gasteiger partial charge < -0.3 is 5.73 Å². The number of hydrogen-bond donors (Lipinski definition) is 1. The molecule has 0 saturated carbocycles. The summed E-state index contributed by atoms with van der Waals surface area (Å²) in [6.45, 7) is 0. The number of nitrogens with two attached hydrogens (primary N) is 1. The van der Waals surface area contributed by atoms with Crippen molar-refractivity contribution in [3.63, 3.8) is 0 Å². The van der Waals surface area contributed by atoms with Gasteiger partial charge in [0.25, 0.3) is 0 Å². The first-order chi connectivity index (χ1) is 10.0. The third-order valence-corrected chi connectivity index (χ3v) is 3.02. The van der Waals surface area contributed by atoms with E-state index in [1.165, 1.54) is 41.2 Å². The monoisotopic (exact) mass is 289 g/mol. The second-order valence-corrected chi connectivity index (χ2v) is 4.48. The Kier molecular flexibility index (Phi) is 3.13. The van der Waals surface area contributed by atoms with Gasteiger partial charge in [-0.3, -0.25) is 0 Å². The SMILES string of the molecule is Nc1cn(-c2ccc(F)cc2)nc1-c1ccc(F)cc1F. The molecule has 2 N–H and O–H groups in total. The molecule has 0 unspecified atom stereocenters. The van der Waals surface area contributed by atoms with Gasteiger partial charge in [0.05, 0.1) is 17.6 Å². The fourth-order valence-corrected chi connectivity index (χ4v) is 2.00. The maximum atomic E-state index is 13.8. The smallest absolute Gasteiger partial charge is 0.135 e. The van der Waals surface area contributed by atoms with Crippen molar-refractivity contribution in [1.29, 1.82) is 0 Å². The van der Waals surface area contributed by atoms with Crippen LogP contribution in [0.4, 0.5) is 18.9 Å². The number of benzene rings is 2. The Balaban J connectivity index is 2.07. The van der Waals surface area contributed by atoms with E-state index < -0.39 is 11.6 Å². The van der Waals surface area contributed by atoms with Gasteiger partial charge in [-0.1, -0.05) is 0 Å². The zero-order chi connectivity index (χ0) is 15.0. The van der Waals surface area contributed by atoms with Crippen molar-refractivity contribution in [2.45, 2.75) is 0 Å². The molecule has 1 aromatic heterocycles. The Morgan fingerprint density at radius 1 is 0.905 bits per heavy atom. The molecule has 2 aromatic carbocycles. The van der Waals surface area contributed by atoms with E-state index >= 15 is 0 Å². The number of nitrogens with zero attached hydrogens (tertiary/aromatic N) is 2. The summed E-state index contributed by atoms with van der Waals surface area (Å²) < 4.78 is 41.0. The third kappa shape index (κ3) is 2.47. The zero-order valence-electron chi connectivity index (χ0n) is 10.7. The van der Waals surface area contributed by atoms with Crippen molar-refractivity contribution in [2.24, 2.45) is 0 Å². The lowest BCUT2D eigenvalue weighted by Gasteiger charge is -2.02. The fourth-order valence-electron chi connectivity index (χ4n) is 2.00. The molecule has 1 heterocycles. The van der Waals surface area contributed by atoms with E-state index in [9.17, 15) is 13.2 Å². The molecule has 0 spiro atoms. The maximum absolute atomic E-state index is 13.8. The second-order valence-electron chi connectivity index (χ2n) is 4.48. The minimum atomic E-state index is -0.744. The molecule has 21 heavy (non-hydrogen) atoms. The summed E-state index contributed by atoms with van der Waals surface area (Å²) in [4.78, 5) is 0. The molecular formula is C15H10F3N3. The summed E-state index contributed by atoms with van der Waals surface area (Å²) >= 11 is 0. The first-order valence-electron chi connectivity index (χ1n) is 6.11. The van der Waals surface area contributed by atoms with Crippen molar-refractivity contribution in [3.05, 3.63) is 66.1 Å². The summed E-state index contributed by atoms with van der Waals surface area (Å²) in [7, 11) is 0. The molecule has 0 aliphatic heterocycles. The highest BCUT2D eigenvalue weighted by atomic mass is 19.1. The average molecular weight is 289 g/mol. The summed E-state index contributed by atoms with van der Waals surface area (Å²) in [6, 6.07) is 8.79. The van der Waals surface area contributed by atoms with Crippen LogP contribution in [0.25, 0.3) is 16.9 Å². The zero-order valence-corrected chi connectivity index (χ0v) is 10.7. The highest BCUT2D eigenvalue weighted by molar-refractivity contribution is 5.72. The Morgan fingerprint density at radius 2 is 1.57 bits per heavy atom. The molecule has 0 fully saturated rings. The van der Waals surface area contributed by atoms with Crippen LogP contribution in [0.2, 0.25) is 0 Å². The highest BCUT2D eigenvalue weighted by Crippen LogP contribution is 2.28. The van der Waals surface area contributed by atoms with Gasteiger partial charge in [0.2, 0.25) is 0 Å². The molecule has 0 bridgehead atoms. The van der Waals surface area contributed by atoms with Gasteiger partial charge in [-0.05, 0) is 36.4 Å². The van der Waals surface area contributed by atoms with E-state index in [0.717, 1.165) is 12.1 Å². The molecule has 3 aromatic rings. The fraction of sp³-hybridized carbons (Fsp3) is 0. The van der Waals surface area contributed by atoms with Crippen LogP contribution >= 0.6 is 0 Å². The molecule has 0 aliphatic rings. The third-order valence-electron chi connectivity index (χ3n) is 3.02. The summed E-state index contributed by atoms with van der Waals surface area (Å²) in [5.41, 5.74) is 6.96. The summed E-state index contributed by atoms with van der Waals surface area (Å²) in [5, 5.41) is 4.18. The van der Waals surface area contributed by atoms with Gasteiger partial charge in [-0.25, -0.2) is 17.9 Å². The lowest BCUT2D eigenvalue weighted by atomic mass is 10.1. The number of aromatic nitrogens is 2. The minimum absolute atomic E-state index is 0.106. The van der Waals surface area contributed by atoms with Crippen molar-refractivity contribution < 1.29 is 13.2 Å². The predicted molar refractivity (Wildman–Crippen MR) is 73.3 cm³/mol. The normalized spacial score (nSPS) is 10.8. The molecule has 0 atom stereocenters. The lowest BCUT2D eigenvalue weighted by Crippen LogP contribution is -1.95. The highest BCUT2D eigenvalue weighted by Gasteiger charge is 2.14. The van der Waals surface area contributed by atoms with Crippen LogP contribution in [-0.4, -0.2) is 9.78 Å². The topological polar surface area (TPSA) is 43.8 Å².